The molecule has 7 nitrogen and oxygen atoms in total. The summed E-state index contributed by atoms with van der Waals surface area (Å²) < 4.78 is 10.7. The van der Waals surface area contributed by atoms with Gasteiger partial charge in [-0.1, -0.05) is 19.1 Å². The van der Waals surface area contributed by atoms with E-state index in [1.54, 1.807) is 49.6 Å². The van der Waals surface area contributed by atoms with Gasteiger partial charge in [0.15, 0.2) is 5.11 Å². The Morgan fingerprint density at radius 3 is 2.47 bits per heavy atom. The third-order valence-corrected chi connectivity index (χ3v) is 4.41. The Labute approximate surface area is 182 Å². The molecule has 0 radical (unpaired) electrons. The highest BCUT2D eigenvalue weighted by atomic mass is 32.1. The number of anilines is 1. The van der Waals surface area contributed by atoms with Crippen molar-refractivity contribution in [3.8, 4) is 5.75 Å². The smallest absolute Gasteiger partial charge is 0.257 e. The van der Waals surface area contributed by atoms with E-state index >= 15 is 0 Å². The molecular weight excluding hydrogens is 402 g/mol. The van der Waals surface area contributed by atoms with Crippen molar-refractivity contribution in [1.82, 2.24) is 10.6 Å². The minimum absolute atomic E-state index is 0.0602. The monoisotopic (exact) mass is 429 g/mol. The van der Waals surface area contributed by atoms with Crippen LogP contribution >= 0.6 is 12.2 Å². The largest absolute Gasteiger partial charge is 0.491 e. The molecule has 0 spiro atoms. The Balaban J connectivity index is 1.95. The number of methoxy groups -OCH3 is 1. The minimum atomic E-state index is -0.351. The van der Waals surface area contributed by atoms with Gasteiger partial charge >= 0.3 is 0 Å². The van der Waals surface area contributed by atoms with Gasteiger partial charge in [0, 0.05) is 30.5 Å². The molecule has 2 aromatic rings. The van der Waals surface area contributed by atoms with Crippen molar-refractivity contribution in [3.05, 3.63) is 59.7 Å². The molecular formula is C22H27N3O4S. The zero-order valence-corrected chi connectivity index (χ0v) is 18.2. The van der Waals surface area contributed by atoms with Crippen molar-refractivity contribution >= 4 is 34.8 Å². The van der Waals surface area contributed by atoms with Crippen LogP contribution in [0.3, 0.4) is 0 Å². The van der Waals surface area contributed by atoms with Gasteiger partial charge in [-0.3, -0.25) is 14.9 Å². The zero-order chi connectivity index (χ0) is 21.9. The summed E-state index contributed by atoms with van der Waals surface area (Å²) in [7, 11) is 1.57. The van der Waals surface area contributed by atoms with E-state index < -0.39 is 0 Å². The molecule has 8 heteroatoms. The van der Waals surface area contributed by atoms with Crippen LogP contribution in [-0.4, -0.2) is 43.3 Å². The number of amides is 2. The van der Waals surface area contributed by atoms with Gasteiger partial charge in [0.2, 0.25) is 0 Å². The van der Waals surface area contributed by atoms with Gasteiger partial charge in [-0.05, 0) is 62.0 Å². The molecule has 0 fully saturated rings. The normalized spacial score (nSPS) is 11.3. The van der Waals surface area contributed by atoms with Crippen molar-refractivity contribution in [2.45, 2.75) is 26.4 Å². The lowest BCUT2D eigenvalue weighted by molar-refractivity contribution is 0.0935. The van der Waals surface area contributed by atoms with Crippen LogP contribution in [0, 0.1) is 0 Å². The molecule has 0 aromatic heterocycles. The van der Waals surface area contributed by atoms with Gasteiger partial charge in [0.1, 0.15) is 5.75 Å². The molecule has 160 valence electrons. The minimum Gasteiger partial charge on any atom is -0.491 e. The predicted molar refractivity (Wildman–Crippen MR) is 121 cm³/mol. The number of thiocarbonyl (C=S) groups is 1. The van der Waals surface area contributed by atoms with Gasteiger partial charge in [-0.2, -0.15) is 0 Å². The van der Waals surface area contributed by atoms with Gasteiger partial charge in [-0.25, -0.2) is 0 Å². The number of carbonyl (C=O) groups is 2. The SMILES string of the molecule is CCC(C)Oc1cccc(C(=O)NC(=S)Nc2cccc(C(=O)NCCOC)c2)c1. The van der Waals surface area contributed by atoms with E-state index in [0.29, 0.717) is 35.7 Å². The van der Waals surface area contributed by atoms with Gasteiger partial charge in [0.25, 0.3) is 11.8 Å². The Bertz CT molecular complexity index is 888. The number of carbonyl (C=O) groups excluding carboxylic acids is 2. The fourth-order valence-electron chi connectivity index (χ4n) is 2.47. The lowest BCUT2D eigenvalue weighted by Gasteiger charge is -2.14. The summed E-state index contributed by atoms with van der Waals surface area (Å²) in [5, 5.41) is 8.44. The van der Waals surface area contributed by atoms with Crippen LogP contribution < -0.4 is 20.7 Å². The second-order valence-corrected chi connectivity index (χ2v) is 7.01. The Morgan fingerprint density at radius 2 is 1.77 bits per heavy atom. The van der Waals surface area contributed by atoms with Crippen molar-refractivity contribution < 1.29 is 19.1 Å². The van der Waals surface area contributed by atoms with E-state index in [9.17, 15) is 9.59 Å². The molecule has 0 heterocycles. The molecule has 0 bridgehead atoms. The van der Waals surface area contributed by atoms with Crippen molar-refractivity contribution in [2.24, 2.45) is 0 Å². The van der Waals surface area contributed by atoms with Crippen LogP contribution in [0.15, 0.2) is 48.5 Å². The van der Waals surface area contributed by atoms with E-state index in [0.717, 1.165) is 6.42 Å². The molecule has 0 saturated heterocycles. The molecule has 0 aliphatic carbocycles. The first-order valence-corrected chi connectivity index (χ1v) is 10.1. The number of hydrogen-bond donors (Lipinski definition) is 3. The summed E-state index contributed by atoms with van der Waals surface area (Å²) in [6.07, 6.45) is 0.929. The van der Waals surface area contributed by atoms with Crippen LogP contribution in [0.4, 0.5) is 5.69 Å². The number of hydrogen-bond acceptors (Lipinski definition) is 5. The lowest BCUT2D eigenvalue weighted by Crippen LogP contribution is -2.34. The summed E-state index contributed by atoms with van der Waals surface area (Å²) in [5.41, 5.74) is 1.50. The fraction of sp³-hybridized carbons (Fsp3) is 0.318. The number of ether oxygens (including phenoxy) is 2. The maximum atomic E-state index is 12.5. The maximum Gasteiger partial charge on any atom is 0.257 e. The lowest BCUT2D eigenvalue weighted by atomic mass is 10.2. The molecule has 3 N–H and O–H groups in total. The Hall–Kier alpha value is -2.97. The molecule has 2 aromatic carbocycles. The standard InChI is InChI=1S/C22H27N3O4S/c1-4-15(2)29-19-10-6-8-17(14-19)21(27)25-22(30)24-18-9-5-7-16(13-18)20(26)23-11-12-28-3/h5-10,13-15H,4,11-12H2,1-3H3,(H,23,26)(H2,24,25,27,30). The van der Waals surface area contributed by atoms with E-state index in [-0.39, 0.29) is 23.0 Å². The molecule has 0 aliphatic rings. The molecule has 1 unspecified atom stereocenters. The average Bonchev–Trinajstić information content (AvgIpc) is 2.74. The Morgan fingerprint density at radius 1 is 1.07 bits per heavy atom. The molecule has 0 saturated carbocycles. The summed E-state index contributed by atoms with van der Waals surface area (Å²) in [6, 6.07) is 13.8. The summed E-state index contributed by atoms with van der Waals surface area (Å²) in [4.78, 5) is 24.6. The highest BCUT2D eigenvalue weighted by Crippen LogP contribution is 2.16. The second-order valence-electron chi connectivity index (χ2n) is 6.60. The van der Waals surface area contributed by atoms with E-state index in [1.165, 1.54) is 0 Å². The molecule has 2 amide bonds. The number of nitrogens with one attached hydrogen (secondary N) is 3. The highest BCUT2D eigenvalue weighted by molar-refractivity contribution is 7.80. The summed E-state index contributed by atoms with van der Waals surface area (Å²) >= 11 is 5.24. The van der Waals surface area contributed by atoms with Crippen LogP contribution in [0.1, 0.15) is 41.0 Å². The molecule has 30 heavy (non-hydrogen) atoms. The van der Waals surface area contributed by atoms with Crippen LogP contribution in [0.5, 0.6) is 5.75 Å². The summed E-state index contributed by atoms with van der Waals surface area (Å²) in [6.45, 7) is 4.85. The fourth-order valence-corrected chi connectivity index (χ4v) is 2.68. The van der Waals surface area contributed by atoms with E-state index in [2.05, 4.69) is 16.0 Å². The first-order valence-electron chi connectivity index (χ1n) is 9.69. The first kappa shape index (κ1) is 23.3. The van der Waals surface area contributed by atoms with Crippen molar-refractivity contribution in [1.29, 1.82) is 0 Å². The van der Waals surface area contributed by atoms with E-state index in [4.69, 9.17) is 21.7 Å². The second kappa shape index (κ2) is 11.9. The third-order valence-electron chi connectivity index (χ3n) is 4.21. The third kappa shape index (κ3) is 7.46. The zero-order valence-electron chi connectivity index (χ0n) is 17.4. The summed E-state index contributed by atoms with van der Waals surface area (Å²) in [5.74, 6) is 0.0578. The Kier molecular flexibility index (Phi) is 9.24. The van der Waals surface area contributed by atoms with Gasteiger partial charge < -0.3 is 20.1 Å². The van der Waals surface area contributed by atoms with Crippen molar-refractivity contribution in [3.63, 3.8) is 0 Å². The molecule has 0 aliphatic heterocycles. The molecule has 1 atom stereocenters. The van der Waals surface area contributed by atoms with Crippen LogP contribution in [0.25, 0.3) is 0 Å². The number of rotatable bonds is 9. The highest BCUT2D eigenvalue weighted by Gasteiger charge is 2.11. The van der Waals surface area contributed by atoms with Crippen LogP contribution in [0.2, 0.25) is 0 Å². The average molecular weight is 430 g/mol. The van der Waals surface area contributed by atoms with E-state index in [1.807, 2.05) is 19.9 Å². The van der Waals surface area contributed by atoms with Gasteiger partial charge in [0.05, 0.1) is 12.7 Å². The predicted octanol–water partition coefficient (Wildman–Crippen LogP) is 3.37. The first-order chi connectivity index (χ1) is 14.4. The maximum absolute atomic E-state index is 12.5. The van der Waals surface area contributed by atoms with Gasteiger partial charge in [-0.15, -0.1) is 0 Å². The quantitative estimate of drug-likeness (QED) is 0.418. The topological polar surface area (TPSA) is 88.7 Å². The number of benzene rings is 2. The van der Waals surface area contributed by atoms with Crippen LogP contribution in [-0.2, 0) is 4.74 Å². The van der Waals surface area contributed by atoms with Crippen molar-refractivity contribution in [2.75, 3.05) is 25.6 Å². The molecule has 2 rings (SSSR count).